The molecule has 1 aromatic heterocycles. The second-order valence-electron chi connectivity index (χ2n) is 8.74. The molecule has 3 rings (SSSR count). The Morgan fingerprint density at radius 3 is 1.41 bits per heavy atom. The average molecular weight is 381 g/mol. The van der Waals surface area contributed by atoms with Gasteiger partial charge in [-0.25, -0.2) is 0 Å². The number of nitrogens with zero attached hydrogens (tertiary/aromatic N) is 6. The number of likely N-dealkylation sites (N-methyl/N-ethyl adjacent to an activating group) is 2. The lowest BCUT2D eigenvalue weighted by molar-refractivity contribution is 0.0453. The fraction of sp³-hybridized carbons (Fsp3) is 0.842. The minimum absolute atomic E-state index is 0.318. The van der Waals surface area contributed by atoms with E-state index in [1.54, 1.807) is 0 Å². The minimum Gasteiger partial charge on any atom is -0.370 e. The van der Waals surface area contributed by atoms with E-state index in [-0.39, 0.29) is 0 Å². The molecule has 3 heterocycles. The van der Waals surface area contributed by atoms with Gasteiger partial charge in [-0.1, -0.05) is 0 Å². The van der Waals surface area contributed by atoms with Gasteiger partial charge in [0.25, 0.3) is 0 Å². The molecule has 2 aliphatic rings. The predicted molar refractivity (Wildman–Crippen MR) is 109 cm³/mol. The van der Waals surface area contributed by atoms with Gasteiger partial charge in [-0.2, -0.15) is 0 Å². The fourth-order valence-corrected chi connectivity index (χ4v) is 3.89. The van der Waals surface area contributed by atoms with Crippen LogP contribution in [0, 0.1) is 0 Å². The summed E-state index contributed by atoms with van der Waals surface area (Å²) in [6.45, 7) is 15.3. The van der Waals surface area contributed by atoms with Crippen molar-refractivity contribution in [1.29, 1.82) is 0 Å². The van der Waals surface area contributed by atoms with Gasteiger partial charge >= 0.3 is 11.9 Å². The first-order valence-electron chi connectivity index (χ1n) is 10.2. The van der Waals surface area contributed by atoms with Crippen LogP contribution in [0.3, 0.4) is 0 Å². The van der Waals surface area contributed by atoms with Crippen LogP contribution in [0.4, 0.5) is 17.8 Å². The van der Waals surface area contributed by atoms with Crippen LogP contribution in [0.25, 0.3) is 0 Å². The molecular weight excluding hydrogens is 344 g/mol. The number of quaternary nitrogens is 2. The van der Waals surface area contributed by atoms with Crippen molar-refractivity contribution in [2.45, 2.75) is 39.8 Å². The van der Waals surface area contributed by atoms with Crippen molar-refractivity contribution in [3.05, 3.63) is 0 Å². The first-order valence-corrected chi connectivity index (χ1v) is 10.2. The van der Waals surface area contributed by atoms with Gasteiger partial charge in [-0.15, -0.1) is 15.0 Å². The fourth-order valence-electron chi connectivity index (χ4n) is 3.89. The van der Waals surface area contributed by atoms with E-state index in [9.17, 15) is 0 Å². The molecule has 2 aliphatic heterocycles. The third-order valence-electron chi connectivity index (χ3n) is 5.83. The van der Waals surface area contributed by atoms with Crippen LogP contribution in [-0.2, 0) is 9.47 Å². The van der Waals surface area contributed by atoms with Crippen LogP contribution in [-0.4, -0.2) is 93.7 Å². The molecule has 0 bridgehead atoms. The summed E-state index contributed by atoms with van der Waals surface area (Å²) in [4.78, 5) is 17.2. The summed E-state index contributed by atoms with van der Waals surface area (Å²) < 4.78 is 12.6. The minimum atomic E-state index is 0.318. The molecule has 152 valence electrons. The third-order valence-corrected chi connectivity index (χ3v) is 5.83. The van der Waals surface area contributed by atoms with Crippen molar-refractivity contribution in [2.75, 3.05) is 71.6 Å². The molecule has 0 aromatic carbocycles. The number of morpholine rings is 2. The smallest absolute Gasteiger partial charge is 0.338 e. The SMILES string of the molecule is CC(C)N(c1nc([N+]2(C)CCOCC2)nc([N+]2(C)CCOCC2)n1)C(C)C. The maximum Gasteiger partial charge on any atom is 0.338 e. The van der Waals surface area contributed by atoms with Crippen molar-refractivity contribution in [2.24, 2.45) is 0 Å². The Hall–Kier alpha value is -1.35. The molecule has 8 nitrogen and oxygen atoms in total. The van der Waals surface area contributed by atoms with Crippen molar-refractivity contribution in [1.82, 2.24) is 23.9 Å². The highest BCUT2D eigenvalue weighted by atomic mass is 16.5. The van der Waals surface area contributed by atoms with Gasteiger partial charge in [0, 0.05) is 12.1 Å². The molecule has 0 unspecified atom stereocenters. The zero-order valence-corrected chi connectivity index (χ0v) is 17.8. The quantitative estimate of drug-likeness (QED) is 0.720. The molecule has 0 amide bonds. The van der Waals surface area contributed by atoms with E-state index in [1.807, 2.05) is 0 Å². The van der Waals surface area contributed by atoms with Gasteiger partial charge in [0.1, 0.15) is 26.2 Å². The molecule has 0 radical (unpaired) electrons. The van der Waals surface area contributed by atoms with Crippen LogP contribution in [0.1, 0.15) is 27.7 Å². The van der Waals surface area contributed by atoms with Crippen molar-refractivity contribution < 1.29 is 9.47 Å². The Bertz CT molecular complexity index is 589. The molecule has 2 saturated heterocycles. The Labute approximate surface area is 163 Å². The van der Waals surface area contributed by atoms with Gasteiger partial charge in [-0.3, -0.25) is 8.97 Å². The second-order valence-corrected chi connectivity index (χ2v) is 8.74. The first-order chi connectivity index (χ1) is 12.8. The summed E-state index contributed by atoms with van der Waals surface area (Å²) in [7, 11) is 4.42. The van der Waals surface area contributed by atoms with E-state index < -0.39 is 0 Å². The maximum absolute atomic E-state index is 5.59. The maximum atomic E-state index is 5.59. The lowest BCUT2D eigenvalue weighted by Crippen LogP contribution is -2.56. The summed E-state index contributed by atoms with van der Waals surface area (Å²) in [5.41, 5.74) is 0. The van der Waals surface area contributed by atoms with E-state index in [4.69, 9.17) is 24.4 Å². The highest BCUT2D eigenvalue weighted by Crippen LogP contribution is 2.28. The zero-order valence-electron chi connectivity index (χ0n) is 17.8. The number of anilines is 1. The predicted octanol–water partition coefficient (Wildman–Crippen LogP) is 1.43. The van der Waals surface area contributed by atoms with Crippen LogP contribution >= 0.6 is 0 Å². The first kappa shape index (κ1) is 20.4. The number of ether oxygens (including phenoxy) is 2. The van der Waals surface area contributed by atoms with Gasteiger partial charge < -0.3 is 14.4 Å². The Morgan fingerprint density at radius 1 is 0.704 bits per heavy atom. The highest BCUT2D eigenvalue weighted by molar-refractivity contribution is 5.44. The summed E-state index contributed by atoms with van der Waals surface area (Å²) in [6, 6.07) is 0.635. The zero-order chi connectivity index (χ0) is 19.7. The molecule has 0 aliphatic carbocycles. The molecule has 2 fully saturated rings. The number of rotatable bonds is 5. The lowest BCUT2D eigenvalue weighted by Gasteiger charge is -2.38. The molecule has 0 saturated carbocycles. The van der Waals surface area contributed by atoms with Gasteiger partial charge in [-0.05, 0) is 27.7 Å². The number of hydrogen-bond donors (Lipinski definition) is 0. The normalized spacial score (nSPS) is 22.2. The molecule has 27 heavy (non-hydrogen) atoms. The Kier molecular flexibility index (Phi) is 6.00. The summed E-state index contributed by atoms with van der Waals surface area (Å²) in [5.74, 6) is 2.50. The third kappa shape index (κ3) is 4.23. The molecular formula is C19H36N6O2+2. The molecule has 0 N–H and O–H groups in total. The van der Waals surface area contributed by atoms with Crippen LogP contribution in [0.15, 0.2) is 0 Å². The average Bonchev–Trinajstić information content (AvgIpc) is 2.62. The summed E-state index contributed by atoms with van der Waals surface area (Å²) >= 11 is 0. The largest absolute Gasteiger partial charge is 0.370 e. The van der Waals surface area contributed by atoms with Gasteiger partial charge in [0.2, 0.25) is 5.95 Å². The molecule has 0 atom stereocenters. The Morgan fingerprint density at radius 2 is 1.07 bits per heavy atom. The van der Waals surface area contributed by atoms with E-state index in [1.165, 1.54) is 0 Å². The van der Waals surface area contributed by atoms with Crippen molar-refractivity contribution >= 4 is 17.8 Å². The Balaban J connectivity index is 2.10. The van der Waals surface area contributed by atoms with Crippen molar-refractivity contribution in [3.8, 4) is 0 Å². The van der Waals surface area contributed by atoms with E-state index >= 15 is 0 Å². The standard InChI is InChI=1S/C19H36N6O2/c1-15(2)23(16(3)4)17-20-18(24(5)7-11-26-12-8-24)22-19(21-17)25(6)9-13-27-14-10-25/h15-16H,7-14H2,1-6H3/q+2. The number of aromatic nitrogens is 3. The summed E-state index contributed by atoms with van der Waals surface area (Å²) in [6.07, 6.45) is 0. The molecule has 0 spiro atoms. The molecule has 1 aromatic rings. The van der Waals surface area contributed by atoms with Gasteiger partial charge in [0.15, 0.2) is 0 Å². The number of hydrogen-bond acceptors (Lipinski definition) is 6. The highest BCUT2D eigenvalue weighted by Gasteiger charge is 2.38. The van der Waals surface area contributed by atoms with E-state index in [2.05, 4.69) is 46.7 Å². The lowest BCUT2D eigenvalue weighted by atomic mass is 10.2. The van der Waals surface area contributed by atoms with Crippen LogP contribution < -0.4 is 13.9 Å². The second kappa shape index (κ2) is 7.95. The van der Waals surface area contributed by atoms with E-state index in [0.717, 1.165) is 70.5 Å². The monoisotopic (exact) mass is 380 g/mol. The van der Waals surface area contributed by atoms with Crippen molar-refractivity contribution in [3.63, 3.8) is 0 Å². The van der Waals surface area contributed by atoms with Crippen LogP contribution in [0.2, 0.25) is 0 Å². The summed E-state index contributed by atoms with van der Waals surface area (Å²) in [5, 5.41) is 0. The van der Waals surface area contributed by atoms with Crippen LogP contribution in [0.5, 0.6) is 0 Å². The van der Waals surface area contributed by atoms with E-state index in [0.29, 0.717) is 21.0 Å². The molecule has 8 heteroatoms. The van der Waals surface area contributed by atoms with Gasteiger partial charge in [0.05, 0.1) is 40.5 Å². The topological polar surface area (TPSA) is 60.4 Å².